The molecule has 0 atom stereocenters. The zero-order valence-electron chi connectivity index (χ0n) is 15.9. The predicted octanol–water partition coefficient (Wildman–Crippen LogP) is 4.24. The number of amides is 2. The van der Waals surface area contributed by atoms with Crippen LogP contribution in [0, 0.1) is 18.7 Å². The van der Waals surface area contributed by atoms with E-state index >= 15 is 0 Å². The van der Waals surface area contributed by atoms with Crippen molar-refractivity contribution in [3.63, 3.8) is 0 Å². The van der Waals surface area contributed by atoms with Crippen molar-refractivity contribution in [2.75, 3.05) is 25.6 Å². The van der Waals surface area contributed by atoms with Crippen molar-refractivity contribution >= 4 is 11.7 Å². The number of nitrogens with one attached hydrogen (secondary N) is 2. The molecule has 3 fully saturated rings. The largest absolute Gasteiger partial charge is 0.493 e. The van der Waals surface area contributed by atoms with Gasteiger partial charge in [0.15, 0.2) is 17.2 Å². The first-order chi connectivity index (χ1) is 13.5. The van der Waals surface area contributed by atoms with Crippen molar-refractivity contribution < 1.29 is 23.4 Å². The Morgan fingerprint density at radius 3 is 2.71 bits per heavy atom. The summed E-state index contributed by atoms with van der Waals surface area (Å²) < 4.78 is 30.7. The molecule has 2 aliphatic heterocycles. The Bertz CT molecular complexity index is 890. The van der Waals surface area contributed by atoms with Gasteiger partial charge in [0, 0.05) is 12.6 Å². The lowest BCUT2D eigenvalue weighted by Gasteiger charge is -2.35. The highest BCUT2D eigenvalue weighted by Gasteiger charge is 2.51. The van der Waals surface area contributed by atoms with E-state index in [0.717, 1.165) is 25.0 Å². The molecule has 0 spiro atoms. The van der Waals surface area contributed by atoms with Gasteiger partial charge < -0.3 is 24.8 Å². The molecule has 2 N–H and O–H groups in total. The van der Waals surface area contributed by atoms with Crippen LogP contribution in [0.3, 0.4) is 0 Å². The average Bonchev–Trinajstić information content (AvgIpc) is 3.24. The Morgan fingerprint density at radius 2 is 2.00 bits per heavy atom. The summed E-state index contributed by atoms with van der Waals surface area (Å²) in [5.41, 5.74) is 1.03. The number of urea groups is 1. The summed E-state index contributed by atoms with van der Waals surface area (Å²) in [4.78, 5) is 12.3. The highest BCUT2D eigenvalue weighted by molar-refractivity contribution is 5.91. The molecule has 7 heteroatoms. The fraction of sp³-hybridized carbons (Fsp3) is 0.381. The minimum atomic E-state index is -0.474. The fourth-order valence-electron chi connectivity index (χ4n) is 3.79. The van der Waals surface area contributed by atoms with Crippen LogP contribution in [-0.4, -0.2) is 31.9 Å². The van der Waals surface area contributed by atoms with E-state index in [0.29, 0.717) is 29.7 Å². The molecule has 5 rings (SSSR count). The quantitative estimate of drug-likeness (QED) is 0.779. The van der Waals surface area contributed by atoms with Crippen LogP contribution < -0.4 is 20.1 Å². The van der Waals surface area contributed by atoms with Crippen molar-refractivity contribution in [1.29, 1.82) is 0 Å². The Kier molecular flexibility index (Phi) is 4.85. The molecule has 0 unspecified atom stereocenters. The number of fused-ring (bicyclic) bond motifs is 1. The number of anilines is 1. The van der Waals surface area contributed by atoms with Gasteiger partial charge in [0.1, 0.15) is 5.82 Å². The molecule has 148 valence electrons. The van der Waals surface area contributed by atoms with Crippen molar-refractivity contribution in [2.24, 2.45) is 5.92 Å². The summed E-state index contributed by atoms with van der Waals surface area (Å²) in [5, 5.41) is 5.48. The van der Waals surface area contributed by atoms with E-state index in [1.165, 1.54) is 18.2 Å². The second-order valence-corrected chi connectivity index (χ2v) is 7.47. The molecule has 2 aromatic carbocycles. The molecule has 2 saturated heterocycles. The minimum absolute atomic E-state index is 0.224. The van der Waals surface area contributed by atoms with Gasteiger partial charge in [0.25, 0.3) is 0 Å². The third-order valence-corrected chi connectivity index (χ3v) is 5.25. The van der Waals surface area contributed by atoms with E-state index < -0.39 is 11.8 Å². The van der Waals surface area contributed by atoms with Crippen LogP contribution in [0.5, 0.6) is 17.2 Å². The van der Waals surface area contributed by atoms with Gasteiger partial charge >= 0.3 is 6.03 Å². The third-order valence-electron chi connectivity index (χ3n) is 5.25. The average molecular weight is 386 g/mol. The maximum atomic E-state index is 13.8. The standard InChI is InChI=1S/C21H23FN2O4/c1-13-3-5-18(19(7-13)26-2)28-17-6-4-15(22)8-16(17)24-20(25)23-12-21-9-14(10-21)11-27-21/h3-8,14H,9-12H2,1-2H3,(H2,23,24,25). The molecule has 3 aliphatic rings. The molecule has 2 aromatic rings. The van der Waals surface area contributed by atoms with E-state index in [4.69, 9.17) is 14.2 Å². The van der Waals surface area contributed by atoms with Gasteiger partial charge in [-0.15, -0.1) is 0 Å². The number of aryl methyl sites for hydroxylation is 1. The lowest BCUT2D eigenvalue weighted by molar-refractivity contribution is 0.00546. The number of hydrogen-bond acceptors (Lipinski definition) is 4. The van der Waals surface area contributed by atoms with Crippen LogP contribution in [0.15, 0.2) is 36.4 Å². The zero-order chi connectivity index (χ0) is 19.7. The number of carbonyl (C=O) groups excluding carboxylic acids is 1. The molecule has 0 radical (unpaired) electrons. The molecular weight excluding hydrogens is 363 g/mol. The van der Waals surface area contributed by atoms with E-state index in [2.05, 4.69) is 10.6 Å². The minimum Gasteiger partial charge on any atom is -0.493 e. The normalized spacial score (nSPS) is 22.3. The first-order valence-electron chi connectivity index (χ1n) is 9.27. The SMILES string of the molecule is COc1cc(C)ccc1Oc1ccc(F)cc1NC(=O)NCC12CC(CO1)C2. The topological polar surface area (TPSA) is 68.8 Å². The summed E-state index contributed by atoms with van der Waals surface area (Å²) in [6.45, 7) is 3.15. The Morgan fingerprint density at radius 1 is 1.21 bits per heavy atom. The Balaban J connectivity index is 1.46. The zero-order valence-corrected chi connectivity index (χ0v) is 15.9. The molecule has 2 heterocycles. The summed E-state index contributed by atoms with van der Waals surface area (Å²) >= 11 is 0. The number of halogens is 1. The van der Waals surface area contributed by atoms with E-state index in [9.17, 15) is 9.18 Å². The van der Waals surface area contributed by atoms with E-state index in [1.54, 1.807) is 13.2 Å². The van der Waals surface area contributed by atoms with Gasteiger partial charge in [-0.25, -0.2) is 9.18 Å². The third kappa shape index (κ3) is 3.75. The van der Waals surface area contributed by atoms with Crippen LogP contribution in [0.25, 0.3) is 0 Å². The summed E-state index contributed by atoms with van der Waals surface area (Å²) in [6.07, 6.45) is 1.96. The first kappa shape index (κ1) is 18.6. The van der Waals surface area contributed by atoms with Crippen LogP contribution in [0.2, 0.25) is 0 Å². The molecule has 2 bridgehead atoms. The molecule has 0 aromatic heterocycles. The van der Waals surface area contributed by atoms with Crippen molar-refractivity contribution in [2.45, 2.75) is 25.4 Å². The molecule has 6 nitrogen and oxygen atoms in total. The summed E-state index contributed by atoms with van der Waals surface area (Å²) in [6, 6.07) is 9.03. The van der Waals surface area contributed by atoms with Gasteiger partial charge in [0.2, 0.25) is 0 Å². The molecular formula is C21H23FN2O4. The van der Waals surface area contributed by atoms with Crippen molar-refractivity contribution in [1.82, 2.24) is 5.32 Å². The van der Waals surface area contributed by atoms with Crippen molar-refractivity contribution in [3.05, 3.63) is 47.8 Å². The monoisotopic (exact) mass is 386 g/mol. The predicted molar refractivity (Wildman–Crippen MR) is 103 cm³/mol. The highest BCUT2D eigenvalue weighted by Crippen LogP contribution is 2.47. The summed E-state index contributed by atoms with van der Waals surface area (Å²) in [7, 11) is 1.55. The second kappa shape index (κ2) is 7.31. The maximum absolute atomic E-state index is 13.8. The van der Waals surface area contributed by atoms with Gasteiger partial charge in [-0.2, -0.15) is 0 Å². The van der Waals surface area contributed by atoms with Gasteiger partial charge in [0.05, 0.1) is 25.0 Å². The van der Waals surface area contributed by atoms with E-state index in [1.807, 2.05) is 19.1 Å². The summed E-state index contributed by atoms with van der Waals surface area (Å²) in [5.74, 6) is 1.49. The lowest BCUT2D eigenvalue weighted by atomic mass is 9.74. The van der Waals surface area contributed by atoms with E-state index in [-0.39, 0.29) is 11.3 Å². The van der Waals surface area contributed by atoms with Crippen molar-refractivity contribution in [3.8, 4) is 17.2 Å². The smallest absolute Gasteiger partial charge is 0.319 e. The molecule has 1 saturated carbocycles. The molecule has 2 amide bonds. The van der Waals surface area contributed by atoms with Crippen LogP contribution in [-0.2, 0) is 4.74 Å². The number of methoxy groups -OCH3 is 1. The van der Waals surface area contributed by atoms with Gasteiger partial charge in [-0.3, -0.25) is 0 Å². The first-order valence-corrected chi connectivity index (χ1v) is 9.27. The number of benzene rings is 2. The number of carbonyl (C=O) groups is 1. The number of rotatable bonds is 6. The van der Waals surface area contributed by atoms with Gasteiger partial charge in [-0.1, -0.05) is 6.07 Å². The highest BCUT2D eigenvalue weighted by atomic mass is 19.1. The Hall–Kier alpha value is -2.80. The molecule has 28 heavy (non-hydrogen) atoms. The van der Waals surface area contributed by atoms with Crippen LogP contribution in [0.1, 0.15) is 18.4 Å². The molecule has 1 aliphatic carbocycles. The van der Waals surface area contributed by atoms with Crippen LogP contribution in [0.4, 0.5) is 14.9 Å². The fourth-order valence-corrected chi connectivity index (χ4v) is 3.79. The second-order valence-electron chi connectivity index (χ2n) is 7.47. The van der Waals surface area contributed by atoms with Gasteiger partial charge in [-0.05, 0) is 55.5 Å². The van der Waals surface area contributed by atoms with Crippen LogP contribution >= 0.6 is 0 Å². The maximum Gasteiger partial charge on any atom is 0.319 e. The number of hydrogen-bond donors (Lipinski definition) is 2. The lowest BCUT2D eigenvalue weighted by Crippen LogP contribution is -2.48. The number of ether oxygens (including phenoxy) is 3. The Labute approximate surface area is 163 Å².